The quantitative estimate of drug-likeness (QED) is 0.769. The molecule has 1 fully saturated rings. The Kier molecular flexibility index (Phi) is 8.43. The van der Waals surface area contributed by atoms with E-state index in [4.69, 9.17) is 0 Å². The molecule has 14 heavy (non-hydrogen) atoms. The Morgan fingerprint density at radius 1 is 1.64 bits per heavy atom. The average molecular weight is 239 g/mol. The van der Waals surface area contributed by atoms with E-state index >= 15 is 0 Å². The van der Waals surface area contributed by atoms with E-state index < -0.39 is 0 Å². The van der Waals surface area contributed by atoms with Crippen LogP contribution in [0.4, 0.5) is 0 Å². The molecule has 1 aliphatic rings. The summed E-state index contributed by atoms with van der Waals surface area (Å²) < 4.78 is 0. The van der Waals surface area contributed by atoms with Crippen LogP contribution in [0.3, 0.4) is 0 Å². The molecule has 0 radical (unpaired) electrons. The van der Waals surface area contributed by atoms with Gasteiger partial charge >= 0.3 is 0 Å². The SMILES string of the molecule is CSCCC(=O)NC1CCCNC1.Cl. The standard InChI is InChI=1S/C9H18N2OS.ClH/c1-13-6-4-9(12)11-8-3-2-5-10-7-8;/h8,10H,2-7H2,1H3,(H,11,12);1H. The van der Waals surface area contributed by atoms with Crippen molar-refractivity contribution in [1.82, 2.24) is 10.6 Å². The molecule has 1 aliphatic heterocycles. The van der Waals surface area contributed by atoms with E-state index in [9.17, 15) is 4.79 Å². The highest BCUT2D eigenvalue weighted by Crippen LogP contribution is 2.02. The first-order valence-electron chi connectivity index (χ1n) is 4.82. The lowest BCUT2D eigenvalue weighted by atomic mass is 10.1. The fourth-order valence-corrected chi connectivity index (χ4v) is 1.86. The van der Waals surface area contributed by atoms with Gasteiger partial charge in [0.2, 0.25) is 5.91 Å². The minimum atomic E-state index is 0. The highest BCUT2D eigenvalue weighted by Gasteiger charge is 2.14. The van der Waals surface area contributed by atoms with Crippen molar-refractivity contribution >= 4 is 30.1 Å². The Bertz CT molecular complexity index is 163. The van der Waals surface area contributed by atoms with Gasteiger partial charge in [-0.05, 0) is 25.6 Å². The molecular formula is C9H19ClN2OS. The third kappa shape index (κ3) is 5.73. The number of carbonyl (C=O) groups is 1. The molecule has 0 bridgehead atoms. The van der Waals surface area contributed by atoms with Gasteiger partial charge in [-0.3, -0.25) is 4.79 Å². The monoisotopic (exact) mass is 238 g/mol. The normalized spacial score (nSPS) is 21.1. The molecular weight excluding hydrogens is 220 g/mol. The van der Waals surface area contributed by atoms with Crippen LogP contribution in [0.2, 0.25) is 0 Å². The van der Waals surface area contributed by atoms with Gasteiger partial charge in [-0.25, -0.2) is 0 Å². The summed E-state index contributed by atoms with van der Waals surface area (Å²) in [5, 5.41) is 6.32. The van der Waals surface area contributed by atoms with Gasteiger partial charge in [-0.2, -0.15) is 11.8 Å². The Morgan fingerprint density at radius 2 is 2.43 bits per heavy atom. The van der Waals surface area contributed by atoms with Crippen molar-refractivity contribution in [3.63, 3.8) is 0 Å². The molecule has 1 atom stereocenters. The second-order valence-electron chi connectivity index (χ2n) is 3.35. The molecule has 0 saturated carbocycles. The second-order valence-corrected chi connectivity index (χ2v) is 4.34. The molecule has 1 rings (SSSR count). The Morgan fingerprint density at radius 3 is 3.00 bits per heavy atom. The zero-order chi connectivity index (χ0) is 9.52. The number of piperidine rings is 1. The maximum Gasteiger partial charge on any atom is 0.221 e. The Labute approximate surface area is 96.2 Å². The van der Waals surface area contributed by atoms with Gasteiger partial charge in [0, 0.05) is 24.8 Å². The summed E-state index contributed by atoms with van der Waals surface area (Å²) in [4.78, 5) is 11.3. The van der Waals surface area contributed by atoms with E-state index in [-0.39, 0.29) is 18.3 Å². The van der Waals surface area contributed by atoms with Crippen LogP contribution in [-0.2, 0) is 4.79 Å². The van der Waals surface area contributed by atoms with E-state index in [1.807, 2.05) is 6.26 Å². The molecule has 3 nitrogen and oxygen atoms in total. The molecule has 0 spiro atoms. The van der Waals surface area contributed by atoms with Crippen molar-refractivity contribution in [2.75, 3.05) is 25.1 Å². The van der Waals surface area contributed by atoms with Crippen molar-refractivity contribution in [1.29, 1.82) is 0 Å². The molecule has 1 saturated heterocycles. The number of carbonyl (C=O) groups excluding carboxylic acids is 1. The van der Waals surface area contributed by atoms with Gasteiger partial charge in [-0.1, -0.05) is 0 Å². The van der Waals surface area contributed by atoms with Crippen LogP contribution < -0.4 is 10.6 Å². The number of amides is 1. The summed E-state index contributed by atoms with van der Waals surface area (Å²) in [6.07, 6.45) is 4.97. The molecule has 1 amide bonds. The lowest BCUT2D eigenvalue weighted by Gasteiger charge is -2.23. The van der Waals surface area contributed by atoms with Crippen LogP contribution in [-0.4, -0.2) is 37.0 Å². The fourth-order valence-electron chi connectivity index (χ4n) is 1.47. The molecule has 84 valence electrons. The summed E-state index contributed by atoms with van der Waals surface area (Å²) in [5.41, 5.74) is 0. The van der Waals surface area contributed by atoms with Gasteiger partial charge in [0.1, 0.15) is 0 Å². The summed E-state index contributed by atoms with van der Waals surface area (Å²) in [6.45, 7) is 2.03. The van der Waals surface area contributed by atoms with Crippen LogP contribution in [0.15, 0.2) is 0 Å². The number of hydrogen-bond acceptors (Lipinski definition) is 3. The van der Waals surface area contributed by atoms with E-state index in [2.05, 4.69) is 10.6 Å². The largest absolute Gasteiger partial charge is 0.352 e. The third-order valence-electron chi connectivity index (χ3n) is 2.20. The predicted octanol–water partition coefficient (Wildman–Crippen LogP) is 1.03. The van der Waals surface area contributed by atoms with Gasteiger partial charge in [-0.15, -0.1) is 12.4 Å². The smallest absolute Gasteiger partial charge is 0.221 e. The third-order valence-corrected chi connectivity index (χ3v) is 2.81. The number of nitrogens with one attached hydrogen (secondary N) is 2. The van der Waals surface area contributed by atoms with Crippen LogP contribution in [0.1, 0.15) is 19.3 Å². The molecule has 5 heteroatoms. The van der Waals surface area contributed by atoms with Crippen LogP contribution in [0.25, 0.3) is 0 Å². The van der Waals surface area contributed by atoms with Gasteiger partial charge < -0.3 is 10.6 Å². The molecule has 1 unspecified atom stereocenters. The molecule has 1 heterocycles. The highest BCUT2D eigenvalue weighted by atomic mass is 35.5. The summed E-state index contributed by atoms with van der Waals surface area (Å²) in [7, 11) is 0. The topological polar surface area (TPSA) is 41.1 Å². The number of thioether (sulfide) groups is 1. The summed E-state index contributed by atoms with van der Waals surface area (Å²) in [5.74, 6) is 1.12. The summed E-state index contributed by atoms with van der Waals surface area (Å²) >= 11 is 1.72. The first-order chi connectivity index (χ1) is 6.33. The number of hydrogen-bond donors (Lipinski definition) is 2. The van der Waals surface area contributed by atoms with E-state index in [0.717, 1.165) is 25.3 Å². The maximum absolute atomic E-state index is 11.3. The lowest BCUT2D eigenvalue weighted by Crippen LogP contribution is -2.45. The minimum Gasteiger partial charge on any atom is -0.352 e. The summed E-state index contributed by atoms with van der Waals surface area (Å²) in [6, 6.07) is 0.364. The van der Waals surface area contributed by atoms with E-state index in [1.54, 1.807) is 11.8 Å². The van der Waals surface area contributed by atoms with Crippen LogP contribution in [0.5, 0.6) is 0 Å². The van der Waals surface area contributed by atoms with Gasteiger partial charge in [0.25, 0.3) is 0 Å². The van der Waals surface area contributed by atoms with E-state index in [1.165, 1.54) is 6.42 Å². The van der Waals surface area contributed by atoms with Gasteiger partial charge in [0.15, 0.2) is 0 Å². The van der Waals surface area contributed by atoms with Crippen LogP contribution in [0, 0.1) is 0 Å². The second kappa shape index (κ2) is 8.38. The van der Waals surface area contributed by atoms with Crippen molar-refractivity contribution in [2.24, 2.45) is 0 Å². The number of halogens is 1. The molecule has 0 aromatic carbocycles. The lowest BCUT2D eigenvalue weighted by molar-refractivity contribution is -0.121. The van der Waals surface area contributed by atoms with E-state index in [0.29, 0.717) is 12.5 Å². The Hall–Kier alpha value is 0.0700. The minimum absolute atomic E-state index is 0. The van der Waals surface area contributed by atoms with Crippen molar-refractivity contribution in [3.8, 4) is 0 Å². The van der Waals surface area contributed by atoms with Gasteiger partial charge in [0.05, 0.1) is 0 Å². The average Bonchev–Trinajstić information content (AvgIpc) is 2.16. The molecule has 0 aromatic heterocycles. The first kappa shape index (κ1) is 14.1. The Balaban J connectivity index is 0.00000169. The highest BCUT2D eigenvalue weighted by molar-refractivity contribution is 7.98. The van der Waals surface area contributed by atoms with Crippen molar-refractivity contribution in [3.05, 3.63) is 0 Å². The van der Waals surface area contributed by atoms with Crippen LogP contribution >= 0.6 is 24.2 Å². The molecule has 0 aliphatic carbocycles. The maximum atomic E-state index is 11.3. The zero-order valence-electron chi connectivity index (χ0n) is 8.54. The fraction of sp³-hybridized carbons (Fsp3) is 0.889. The molecule has 2 N–H and O–H groups in total. The molecule has 0 aromatic rings. The number of rotatable bonds is 4. The van der Waals surface area contributed by atoms with Crippen molar-refractivity contribution in [2.45, 2.75) is 25.3 Å². The first-order valence-corrected chi connectivity index (χ1v) is 6.21. The predicted molar refractivity (Wildman–Crippen MR) is 64.3 cm³/mol. The van der Waals surface area contributed by atoms with Crippen molar-refractivity contribution < 1.29 is 4.79 Å². The zero-order valence-corrected chi connectivity index (χ0v) is 10.2.